The first-order valence-corrected chi connectivity index (χ1v) is 46.4. The molecule has 0 radical (unpaired) electrons. The highest BCUT2D eigenvalue weighted by Gasteiger charge is 2.17. The summed E-state index contributed by atoms with van der Waals surface area (Å²) in [5, 5.41) is 57.0. The highest BCUT2D eigenvalue weighted by Crippen LogP contribution is 2.38. The van der Waals surface area contributed by atoms with Gasteiger partial charge in [0.05, 0.1) is 67.6 Å². The maximum absolute atomic E-state index is 9.27. The third-order valence-electron chi connectivity index (χ3n) is 20.7. The molecular formula is C113H104Cl3N17O10. The number of ether oxygens (including phenoxy) is 6. The number of benzene rings is 8. The van der Waals surface area contributed by atoms with Gasteiger partial charge in [-0.25, -0.2) is 39.9 Å². The molecule has 722 valence electrons. The van der Waals surface area contributed by atoms with E-state index in [1.807, 2.05) is 259 Å². The first kappa shape index (κ1) is 103. The number of aromatic nitrogens is 8. The number of nitrogens with zero attached hydrogens (tertiary/aromatic N) is 11. The van der Waals surface area contributed by atoms with E-state index in [1.165, 1.54) is 34.9 Å². The molecular weight excluding hydrogens is 1860 g/mol. The molecule has 0 saturated carbocycles. The second-order valence-corrected chi connectivity index (χ2v) is 34.4. The number of allylic oxidation sites excluding steroid dienone is 6. The van der Waals surface area contributed by atoms with Gasteiger partial charge in [-0.3, -0.25) is 0 Å². The maximum atomic E-state index is 9.27. The lowest BCUT2D eigenvalue weighted by Crippen LogP contribution is -1.99. The van der Waals surface area contributed by atoms with Crippen LogP contribution in [0.25, 0.3) is 65.7 Å². The summed E-state index contributed by atoms with van der Waals surface area (Å²) in [6.07, 6.45) is 28.3. The lowest BCUT2D eigenvalue weighted by atomic mass is 10.1. The smallest absolute Gasteiger partial charge is 0.231 e. The summed E-state index contributed by atoms with van der Waals surface area (Å²) in [5.74, 6) is 7.68. The van der Waals surface area contributed by atoms with Crippen molar-refractivity contribution < 1.29 is 46.1 Å². The Bertz CT molecular complexity index is 7460. The molecule has 0 saturated heterocycles. The maximum Gasteiger partial charge on any atom is 0.231 e. The molecule has 0 bridgehead atoms. The van der Waals surface area contributed by atoms with Gasteiger partial charge in [0.25, 0.3) is 0 Å². The minimum atomic E-state index is 0.417. The number of rotatable bonds is 30. The largest absolute Gasteiger partial charge is 0.488 e. The van der Waals surface area contributed by atoms with Crippen LogP contribution in [0.4, 0.5) is 69.0 Å². The molecule has 143 heavy (non-hydrogen) atoms. The number of furan rings is 4. The van der Waals surface area contributed by atoms with Crippen molar-refractivity contribution >= 4 is 170 Å². The third-order valence-corrected chi connectivity index (χ3v) is 21.6. The predicted molar refractivity (Wildman–Crippen MR) is 572 cm³/mol. The highest BCUT2D eigenvalue weighted by molar-refractivity contribution is 6.33. The van der Waals surface area contributed by atoms with Crippen molar-refractivity contribution in [1.82, 2.24) is 39.9 Å². The van der Waals surface area contributed by atoms with Gasteiger partial charge < -0.3 is 78.0 Å². The highest BCUT2D eigenvalue weighted by atomic mass is 35.5. The molecule has 27 nitrogen and oxygen atoms in total. The average molecular weight is 1970 g/mol. The van der Waals surface area contributed by atoms with E-state index < -0.39 is 0 Å². The number of pyridine rings is 4. The van der Waals surface area contributed by atoms with Crippen molar-refractivity contribution in [2.45, 2.75) is 83.1 Å². The first-order valence-electron chi connectivity index (χ1n) is 45.3. The normalized spacial score (nSPS) is 10.3. The van der Waals surface area contributed by atoms with Crippen LogP contribution in [0.1, 0.15) is 99.8 Å². The second kappa shape index (κ2) is 51.8. The zero-order chi connectivity index (χ0) is 101. The van der Waals surface area contributed by atoms with E-state index in [-0.39, 0.29) is 0 Å². The van der Waals surface area contributed by atoms with Crippen LogP contribution in [0.2, 0.25) is 15.1 Å². The number of nitriles is 3. The number of anilines is 12. The molecule has 0 amide bonds. The summed E-state index contributed by atoms with van der Waals surface area (Å²) in [6.45, 7) is 26.9. The molecule has 8 aromatic carbocycles. The Labute approximate surface area is 843 Å². The van der Waals surface area contributed by atoms with E-state index in [1.54, 1.807) is 104 Å². The molecule has 10 aromatic heterocycles. The number of hydrogen-bond acceptors (Lipinski definition) is 27. The van der Waals surface area contributed by atoms with Crippen molar-refractivity contribution in [3.63, 3.8) is 0 Å². The van der Waals surface area contributed by atoms with Gasteiger partial charge in [0.2, 0.25) is 11.4 Å². The summed E-state index contributed by atoms with van der Waals surface area (Å²) < 4.78 is 55.8. The van der Waals surface area contributed by atoms with Gasteiger partial charge in [0.1, 0.15) is 128 Å². The summed E-state index contributed by atoms with van der Waals surface area (Å²) in [4.78, 5) is 34.1. The number of fused-ring (bicyclic) bond motifs is 6. The van der Waals surface area contributed by atoms with E-state index >= 15 is 0 Å². The molecule has 30 heteroatoms. The van der Waals surface area contributed by atoms with Crippen LogP contribution in [0.5, 0.6) is 34.5 Å². The van der Waals surface area contributed by atoms with Crippen molar-refractivity contribution in [3.8, 4) is 52.7 Å². The third kappa shape index (κ3) is 30.3. The molecule has 18 rings (SSSR count). The van der Waals surface area contributed by atoms with E-state index in [2.05, 4.69) is 102 Å². The van der Waals surface area contributed by atoms with Crippen molar-refractivity contribution in [2.75, 3.05) is 71.5 Å². The van der Waals surface area contributed by atoms with Crippen LogP contribution in [0.3, 0.4) is 0 Å². The van der Waals surface area contributed by atoms with Crippen LogP contribution in [0, 0.1) is 34.0 Å². The molecule has 0 unspecified atom stereocenters. The Kier molecular flexibility index (Phi) is 37.3. The monoisotopic (exact) mass is 1960 g/mol. The van der Waals surface area contributed by atoms with Crippen LogP contribution in [-0.4, -0.2) is 79.5 Å². The molecule has 18 aromatic rings. The second-order valence-electron chi connectivity index (χ2n) is 33.2. The number of halogens is 3. The molecule has 0 spiro atoms. The van der Waals surface area contributed by atoms with Gasteiger partial charge >= 0.3 is 0 Å². The van der Waals surface area contributed by atoms with Gasteiger partial charge in [-0.05, 0) is 252 Å². The summed E-state index contributed by atoms with van der Waals surface area (Å²) in [7, 11) is 0. The summed E-state index contributed by atoms with van der Waals surface area (Å²) in [6, 6.07) is 70.6. The fourth-order valence-corrected chi connectivity index (χ4v) is 13.8. The van der Waals surface area contributed by atoms with E-state index in [0.29, 0.717) is 146 Å². The Morgan fingerprint density at radius 1 is 0.273 bits per heavy atom. The van der Waals surface area contributed by atoms with Crippen molar-refractivity contribution in [1.29, 1.82) is 15.8 Å². The topological polar surface area (TPSA) is 355 Å². The van der Waals surface area contributed by atoms with E-state index in [0.717, 1.165) is 106 Å². The average Bonchev–Trinajstić information content (AvgIpc) is 1.82. The molecule has 0 aliphatic heterocycles. The Hall–Kier alpha value is -17.4. The van der Waals surface area contributed by atoms with Crippen LogP contribution in [0.15, 0.2) is 356 Å². The van der Waals surface area contributed by atoms with Crippen LogP contribution < -0.4 is 60.3 Å². The molecule has 0 aliphatic carbocycles. The van der Waals surface area contributed by atoms with Crippen LogP contribution >= 0.6 is 34.8 Å². The first-order chi connectivity index (χ1) is 69.4. The van der Waals surface area contributed by atoms with Gasteiger partial charge in [0.15, 0.2) is 22.8 Å². The van der Waals surface area contributed by atoms with Gasteiger partial charge in [-0.2, -0.15) is 15.8 Å². The predicted octanol–water partition coefficient (Wildman–Crippen LogP) is 30.7. The fourth-order valence-electron chi connectivity index (χ4n) is 13.3. The lowest BCUT2D eigenvalue weighted by Gasteiger charge is -2.12. The van der Waals surface area contributed by atoms with Crippen molar-refractivity contribution in [3.05, 3.63) is 370 Å². The van der Waals surface area contributed by atoms with Gasteiger partial charge in [-0.15, -0.1) is 0 Å². The minimum Gasteiger partial charge on any atom is -0.488 e. The molecule has 6 N–H and O–H groups in total. The number of hydrogen-bond donors (Lipinski definition) is 6. The summed E-state index contributed by atoms with van der Waals surface area (Å²) >= 11 is 18.6. The summed E-state index contributed by atoms with van der Waals surface area (Å²) in [5.41, 5.74) is 16.0. The van der Waals surface area contributed by atoms with E-state index in [9.17, 15) is 15.8 Å². The Morgan fingerprint density at radius 3 is 0.839 bits per heavy atom. The SMILES string of the molecule is CC(C)=CCOc1cc(Nc2nccc3ccccc23)ccc1C#N.CC(C)=CCOc1cc(Nc2nccc3ccccc23)ccc1Cl.CC(C)=CCOc1cc(Nc2nccc3ccoc23)ccc1C#N.CC(C)=CCOc1cc(Nc2nccc3ccoc23)ccc1Cl.CC(C)=CCOc1cc(Nc2ncnc3occc23)ccc1C#N.CC(C)=CCOc1cc(Nc2ncnc3occc23)ccc1Cl. The molecule has 0 fully saturated rings. The van der Waals surface area contributed by atoms with Crippen LogP contribution in [-0.2, 0) is 0 Å². The van der Waals surface area contributed by atoms with E-state index in [4.69, 9.17) is 80.9 Å². The molecule has 0 atom stereocenters. The van der Waals surface area contributed by atoms with Gasteiger partial charge in [-0.1, -0.05) is 117 Å². The minimum absolute atomic E-state index is 0.417. The zero-order valence-electron chi connectivity index (χ0n) is 80.7. The quantitative estimate of drug-likeness (QED) is 0.0228. The van der Waals surface area contributed by atoms with Crippen molar-refractivity contribution in [2.24, 2.45) is 0 Å². The number of nitrogens with one attached hydrogen (secondary N) is 6. The lowest BCUT2D eigenvalue weighted by molar-refractivity contribution is 0.361. The standard InChI is InChI=1S/C21H19N3O.C20H19ClN2O.C19H17N3O2.C18H17ClN2O2.C18H16N4O2.C17H16ClN3O2/c1-15(2)10-12-25-20-13-18(8-7-17(20)14-22)24-21-19-6-4-3-5-16(19)9-11-23-21;1-14(2)10-12-24-19-13-16(7-8-18(19)21)23-20-17-6-4-3-5-15(17)9-11-22-20;1-13(2)6-9-23-17-11-16(4-3-15(17)12-20)22-19-18-14(5-8-21-19)7-10-24-18;1-12(2)6-9-22-16-11-14(3-4-15(16)19)21-18-17-13(5-8-20-18)7-10-23-17;1-12(2)5-7-23-16-9-14(4-3-13(16)10-19)22-17-15-6-8-24-18(15)21-11-20-17;1-11(2)5-7-22-15-9-12(3-4-14(15)18)21-16-13-6-8-23-17(13)20-10-19-16/h3-11,13H,12H2,1-2H3,(H,23,24);3-11,13H,12H2,1-2H3,(H,22,23);3-8,10-11H,9H2,1-2H3,(H,21,22);3-8,10-11H,9H2,1-2H3,(H,20,21);3-6,8-9,11H,7H2,1-2H3,(H,20,21,22);3-6,8-10H,7H2,1-2H3,(H,19,20,21). The molecule has 10 heterocycles. The zero-order valence-corrected chi connectivity index (χ0v) is 83.0. The van der Waals surface area contributed by atoms with Gasteiger partial charge in [0, 0.05) is 117 Å². The fraction of sp³-hybridized carbons (Fsp3) is 0.159. The Balaban J connectivity index is 0.000000144. The molecule has 0 aliphatic rings. The Morgan fingerprint density at radius 2 is 0.531 bits per heavy atom.